The van der Waals surface area contributed by atoms with Crippen molar-refractivity contribution in [1.82, 2.24) is 24.9 Å². The van der Waals surface area contributed by atoms with E-state index in [1.165, 1.54) is 0 Å². The number of carbonyl (C=O) groups excluding carboxylic acids is 1. The number of likely N-dealkylation sites (tertiary alicyclic amines) is 1. The van der Waals surface area contributed by atoms with Crippen molar-refractivity contribution in [3.8, 4) is 11.3 Å². The molecular weight excluding hydrogens is 330 g/mol. The van der Waals surface area contributed by atoms with Gasteiger partial charge in [-0.2, -0.15) is 0 Å². The van der Waals surface area contributed by atoms with Crippen LogP contribution in [0, 0.1) is 13.8 Å². The Morgan fingerprint density at radius 2 is 2.12 bits per heavy atom. The van der Waals surface area contributed by atoms with Crippen LogP contribution in [0.3, 0.4) is 0 Å². The average molecular weight is 357 g/mol. The molecule has 0 unspecified atom stereocenters. The molecule has 0 aromatic carbocycles. The van der Waals surface area contributed by atoms with Crippen molar-refractivity contribution in [3.63, 3.8) is 0 Å². The summed E-state index contributed by atoms with van der Waals surface area (Å²) in [5.74, 6) is 1.59. The van der Waals surface area contributed by atoms with Crippen LogP contribution >= 0.6 is 0 Å². The highest BCUT2D eigenvalue weighted by atomic mass is 16.5. The molecule has 7 heteroatoms. The summed E-state index contributed by atoms with van der Waals surface area (Å²) in [6.45, 7) is 10.7. The van der Waals surface area contributed by atoms with Gasteiger partial charge in [-0.05, 0) is 40.5 Å². The largest absolute Gasteiger partial charge is 0.356 e. The fraction of sp³-hybridized carbons (Fsp3) is 0.579. The number of aryl methyl sites for hydroxylation is 2. The topological polar surface area (TPSA) is 75.4 Å². The molecule has 1 fully saturated rings. The lowest BCUT2D eigenvalue weighted by atomic mass is 9.91. The Morgan fingerprint density at radius 1 is 1.35 bits per heavy atom. The number of rotatable bonds is 4. The molecule has 1 saturated heterocycles. The summed E-state index contributed by atoms with van der Waals surface area (Å²) >= 11 is 0. The first-order chi connectivity index (χ1) is 12.5. The van der Waals surface area contributed by atoms with Gasteiger partial charge in [0.2, 0.25) is 0 Å². The van der Waals surface area contributed by atoms with Gasteiger partial charge in [0.1, 0.15) is 5.82 Å². The predicted molar refractivity (Wildman–Crippen MR) is 98.9 cm³/mol. The minimum Gasteiger partial charge on any atom is -0.356 e. The number of carbonyl (C=O) groups is 1. The molecule has 1 atom stereocenters. The summed E-state index contributed by atoms with van der Waals surface area (Å²) in [5.41, 5.74) is 2.65. The first-order valence-electron chi connectivity index (χ1n) is 9.34. The van der Waals surface area contributed by atoms with Gasteiger partial charge in [-0.25, -0.2) is 14.8 Å². The van der Waals surface area contributed by atoms with Crippen LogP contribution < -0.4 is 0 Å². The second kappa shape index (κ2) is 7.85. The van der Waals surface area contributed by atoms with Gasteiger partial charge in [0.25, 0.3) is 0 Å². The van der Waals surface area contributed by atoms with Crippen molar-refractivity contribution >= 4 is 6.03 Å². The van der Waals surface area contributed by atoms with Gasteiger partial charge in [-0.3, -0.25) is 0 Å². The SMILES string of the molecule is CCN(CC)C(=O)N1CCC[C@@H](c2nc(C)ncc2-c2cc(C)no2)C1. The van der Waals surface area contributed by atoms with Crippen LogP contribution in [0.2, 0.25) is 0 Å². The normalized spacial score (nSPS) is 17.4. The number of urea groups is 1. The molecule has 0 radical (unpaired) electrons. The standard InChI is InChI=1S/C19H27N5O2/c1-5-23(6-2)19(25)24-9-7-8-15(12-24)18-16(11-20-14(4)21-18)17-10-13(3)22-26-17/h10-11,15H,5-9,12H2,1-4H3/t15-/m1/s1. The number of hydrogen-bond donors (Lipinski definition) is 0. The van der Waals surface area contributed by atoms with Gasteiger partial charge in [-0.1, -0.05) is 5.16 Å². The third-order valence-electron chi connectivity index (χ3n) is 4.94. The zero-order valence-electron chi connectivity index (χ0n) is 16.0. The van der Waals surface area contributed by atoms with E-state index < -0.39 is 0 Å². The van der Waals surface area contributed by atoms with E-state index in [0.717, 1.165) is 55.3 Å². The highest BCUT2D eigenvalue weighted by Gasteiger charge is 2.30. The molecule has 0 N–H and O–H groups in total. The zero-order valence-corrected chi connectivity index (χ0v) is 16.0. The smallest absolute Gasteiger partial charge is 0.319 e. The minimum atomic E-state index is 0.113. The zero-order chi connectivity index (χ0) is 18.7. The molecule has 2 aromatic heterocycles. The Kier molecular flexibility index (Phi) is 5.54. The molecule has 26 heavy (non-hydrogen) atoms. The number of aromatic nitrogens is 3. The van der Waals surface area contributed by atoms with Crippen LogP contribution in [0.25, 0.3) is 11.3 Å². The second-order valence-electron chi connectivity index (χ2n) is 6.79. The molecule has 0 spiro atoms. The summed E-state index contributed by atoms with van der Waals surface area (Å²) < 4.78 is 5.45. The van der Waals surface area contributed by atoms with Crippen molar-refractivity contribution in [2.45, 2.75) is 46.5 Å². The molecule has 1 aliphatic rings. The van der Waals surface area contributed by atoms with Crippen LogP contribution in [0.4, 0.5) is 4.79 Å². The first-order valence-corrected chi connectivity index (χ1v) is 9.34. The molecular formula is C19H27N5O2. The Morgan fingerprint density at radius 3 is 2.77 bits per heavy atom. The highest BCUT2D eigenvalue weighted by molar-refractivity contribution is 5.74. The lowest BCUT2D eigenvalue weighted by Crippen LogP contribution is -2.47. The maximum atomic E-state index is 12.8. The van der Waals surface area contributed by atoms with E-state index in [2.05, 4.69) is 10.1 Å². The number of nitrogens with zero attached hydrogens (tertiary/aromatic N) is 5. The summed E-state index contributed by atoms with van der Waals surface area (Å²) in [4.78, 5) is 25.6. The van der Waals surface area contributed by atoms with Gasteiger partial charge in [0.05, 0.1) is 17.0 Å². The predicted octanol–water partition coefficient (Wildman–Crippen LogP) is 3.39. The Bertz CT molecular complexity index is 769. The summed E-state index contributed by atoms with van der Waals surface area (Å²) in [7, 11) is 0. The van der Waals surface area contributed by atoms with E-state index in [1.54, 1.807) is 0 Å². The quantitative estimate of drug-likeness (QED) is 0.838. The number of amides is 2. The summed E-state index contributed by atoms with van der Waals surface area (Å²) in [6.07, 6.45) is 3.77. The molecule has 1 aliphatic heterocycles. The van der Waals surface area contributed by atoms with Crippen LogP contribution in [-0.4, -0.2) is 57.1 Å². The Balaban J connectivity index is 1.88. The lowest BCUT2D eigenvalue weighted by molar-refractivity contribution is 0.142. The monoisotopic (exact) mass is 357 g/mol. The fourth-order valence-electron chi connectivity index (χ4n) is 3.55. The van der Waals surface area contributed by atoms with E-state index in [9.17, 15) is 4.79 Å². The second-order valence-corrected chi connectivity index (χ2v) is 6.79. The van der Waals surface area contributed by atoms with Crippen LogP contribution in [0.15, 0.2) is 16.8 Å². The van der Waals surface area contributed by atoms with Crippen LogP contribution in [0.1, 0.15) is 49.8 Å². The molecule has 3 rings (SSSR count). The van der Waals surface area contributed by atoms with E-state index in [-0.39, 0.29) is 11.9 Å². The first kappa shape index (κ1) is 18.4. The van der Waals surface area contributed by atoms with Crippen molar-refractivity contribution in [2.75, 3.05) is 26.2 Å². The maximum absolute atomic E-state index is 12.8. The number of piperidine rings is 1. The lowest BCUT2D eigenvalue weighted by Gasteiger charge is -2.36. The maximum Gasteiger partial charge on any atom is 0.319 e. The van der Waals surface area contributed by atoms with E-state index in [1.807, 2.05) is 49.8 Å². The highest BCUT2D eigenvalue weighted by Crippen LogP contribution is 2.33. The van der Waals surface area contributed by atoms with E-state index in [0.29, 0.717) is 12.3 Å². The van der Waals surface area contributed by atoms with Crippen LogP contribution in [0.5, 0.6) is 0 Å². The van der Waals surface area contributed by atoms with Crippen molar-refractivity contribution < 1.29 is 9.32 Å². The third kappa shape index (κ3) is 3.71. The summed E-state index contributed by atoms with van der Waals surface area (Å²) in [6, 6.07) is 2.02. The molecule has 0 aliphatic carbocycles. The molecule has 2 amide bonds. The summed E-state index contributed by atoms with van der Waals surface area (Å²) in [5, 5.41) is 3.99. The van der Waals surface area contributed by atoms with Gasteiger partial charge in [0, 0.05) is 44.4 Å². The van der Waals surface area contributed by atoms with Crippen molar-refractivity contribution in [1.29, 1.82) is 0 Å². The Hall–Kier alpha value is -2.44. The molecule has 0 bridgehead atoms. The van der Waals surface area contributed by atoms with Crippen LogP contribution in [-0.2, 0) is 0 Å². The molecule has 2 aromatic rings. The van der Waals surface area contributed by atoms with Gasteiger partial charge in [0.15, 0.2) is 5.76 Å². The third-order valence-corrected chi connectivity index (χ3v) is 4.94. The van der Waals surface area contributed by atoms with E-state index in [4.69, 9.17) is 9.51 Å². The van der Waals surface area contributed by atoms with Gasteiger partial charge in [-0.15, -0.1) is 0 Å². The average Bonchev–Trinajstić information content (AvgIpc) is 3.09. The molecule has 7 nitrogen and oxygen atoms in total. The van der Waals surface area contributed by atoms with E-state index >= 15 is 0 Å². The van der Waals surface area contributed by atoms with Gasteiger partial charge < -0.3 is 14.3 Å². The minimum absolute atomic E-state index is 0.113. The Labute approximate surface area is 154 Å². The molecule has 140 valence electrons. The van der Waals surface area contributed by atoms with Gasteiger partial charge >= 0.3 is 6.03 Å². The number of hydrogen-bond acceptors (Lipinski definition) is 5. The molecule has 0 saturated carbocycles. The molecule has 3 heterocycles. The fourth-order valence-corrected chi connectivity index (χ4v) is 3.55. The van der Waals surface area contributed by atoms with Crippen molar-refractivity contribution in [2.24, 2.45) is 0 Å². The van der Waals surface area contributed by atoms with Crippen molar-refractivity contribution in [3.05, 3.63) is 29.5 Å².